The maximum absolute atomic E-state index is 12.3. The molecule has 0 aliphatic carbocycles. The summed E-state index contributed by atoms with van der Waals surface area (Å²) in [5.74, 6) is 0.870. The Hall–Kier alpha value is -0.610. The predicted molar refractivity (Wildman–Crippen MR) is 71.3 cm³/mol. The number of aliphatic hydroxyl groups excluding tert-OH is 1. The Morgan fingerprint density at radius 2 is 2.00 bits per heavy atom. The fourth-order valence-corrected chi connectivity index (χ4v) is 3.23. The summed E-state index contributed by atoms with van der Waals surface area (Å²) in [6.45, 7) is 6.20. The lowest BCUT2D eigenvalue weighted by atomic mass is 9.94. The number of carbonyl (C=O) groups is 1. The first kappa shape index (κ1) is 13.8. The van der Waals surface area contributed by atoms with Crippen LogP contribution in [-0.4, -0.2) is 59.6 Å². The number of rotatable bonds is 4. The number of nitrogens with zero attached hydrogens (tertiary/aromatic N) is 2. The molecule has 0 radical (unpaired) electrons. The quantitative estimate of drug-likeness (QED) is 0.817. The zero-order valence-electron chi connectivity index (χ0n) is 11.5. The van der Waals surface area contributed by atoms with Crippen molar-refractivity contribution >= 4 is 5.91 Å². The fourth-order valence-electron chi connectivity index (χ4n) is 3.23. The Morgan fingerprint density at radius 3 is 2.67 bits per heavy atom. The van der Waals surface area contributed by atoms with Gasteiger partial charge in [-0.15, -0.1) is 0 Å². The predicted octanol–water partition coefficient (Wildman–Crippen LogP) is 1.09. The van der Waals surface area contributed by atoms with E-state index < -0.39 is 0 Å². The Bertz CT molecular complexity index is 275. The van der Waals surface area contributed by atoms with Crippen LogP contribution in [0.2, 0.25) is 0 Å². The van der Waals surface area contributed by atoms with Crippen molar-refractivity contribution in [2.75, 3.05) is 32.8 Å². The van der Waals surface area contributed by atoms with Gasteiger partial charge >= 0.3 is 0 Å². The van der Waals surface area contributed by atoms with Gasteiger partial charge in [0.25, 0.3) is 0 Å². The molecule has 2 rings (SSSR count). The number of amides is 1. The molecule has 1 amide bonds. The highest BCUT2D eigenvalue weighted by molar-refractivity contribution is 5.81. The molecule has 2 heterocycles. The molecule has 0 bridgehead atoms. The van der Waals surface area contributed by atoms with Crippen molar-refractivity contribution in [3.63, 3.8) is 0 Å². The molecule has 2 saturated heterocycles. The highest BCUT2D eigenvalue weighted by Crippen LogP contribution is 2.22. The van der Waals surface area contributed by atoms with Gasteiger partial charge in [0, 0.05) is 26.2 Å². The average molecular weight is 254 g/mol. The van der Waals surface area contributed by atoms with Crippen molar-refractivity contribution in [2.45, 2.75) is 45.1 Å². The average Bonchev–Trinajstić information content (AvgIpc) is 2.91. The van der Waals surface area contributed by atoms with Gasteiger partial charge in [0.05, 0.1) is 6.04 Å². The monoisotopic (exact) mass is 254 g/mol. The lowest BCUT2D eigenvalue weighted by Crippen LogP contribution is -2.49. The highest BCUT2D eigenvalue weighted by atomic mass is 16.3. The van der Waals surface area contributed by atoms with E-state index in [9.17, 15) is 4.79 Å². The largest absolute Gasteiger partial charge is 0.396 e. The van der Waals surface area contributed by atoms with Crippen LogP contribution in [0.25, 0.3) is 0 Å². The molecule has 2 atom stereocenters. The summed E-state index contributed by atoms with van der Waals surface area (Å²) in [4.78, 5) is 16.7. The van der Waals surface area contributed by atoms with Crippen LogP contribution in [0.15, 0.2) is 0 Å². The number of likely N-dealkylation sites (tertiary alicyclic amines) is 2. The molecular weight excluding hydrogens is 228 g/mol. The van der Waals surface area contributed by atoms with Crippen LogP contribution in [0.1, 0.15) is 39.0 Å². The smallest absolute Gasteiger partial charge is 0.239 e. The Labute approximate surface area is 110 Å². The highest BCUT2D eigenvalue weighted by Gasteiger charge is 2.30. The Balaban J connectivity index is 1.87. The van der Waals surface area contributed by atoms with E-state index in [2.05, 4.69) is 4.90 Å². The number of piperidine rings is 1. The van der Waals surface area contributed by atoms with Crippen molar-refractivity contribution < 1.29 is 9.90 Å². The normalized spacial score (nSPS) is 27.4. The van der Waals surface area contributed by atoms with Crippen molar-refractivity contribution in [1.82, 2.24) is 9.80 Å². The maximum atomic E-state index is 12.3. The van der Waals surface area contributed by atoms with Crippen LogP contribution in [0.5, 0.6) is 0 Å². The zero-order chi connectivity index (χ0) is 13.0. The van der Waals surface area contributed by atoms with Gasteiger partial charge in [-0.3, -0.25) is 9.69 Å². The Morgan fingerprint density at radius 1 is 1.28 bits per heavy atom. The first-order chi connectivity index (χ1) is 8.72. The first-order valence-electron chi connectivity index (χ1n) is 7.36. The van der Waals surface area contributed by atoms with E-state index in [0.717, 1.165) is 51.9 Å². The van der Waals surface area contributed by atoms with Crippen LogP contribution in [0.4, 0.5) is 0 Å². The van der Waals surface area contributed by atoms with Crippen LogP contribution in [0, 0.1) is 5.92 Å². The molecule has 0 saturated carbocycles. The zero-order valence-corrected chi connectivity index (χ0v) is 11.5. The fraction of sp³-hybridized carbons (Fsp3) is 0.929. The minimum atomic E-state index is 0.0181. The summed E-state index contributed by atoms with van der Waals surface area (Å²) in [6, 6.07) is 0.0181. The summed E-state index contributed by atoms with van der Waals surface area (Å²) >= 11 is 0. The van der Waals surface area contributed by atoms with E-state index >= 15 is 0 Å². The van der Waals surface area contributed by atoms with Gasteiger partial charge in [0.1, 0.15) is 0 Å². The van der Waals surface area contributed by atoms with E-state index in [1.807, 2.05) is 11.8 Å². The van der Waals surface area contributed by atoms with Gasteiger partial charge < -0.3 is 10.0 Å². The second-order valence-electron chi connectivity index (χ2n) is 5.72. The molecule has 104 valence electrons. The SMILES string of the molecule is CC(C(=O)N1CCCC1)N1CCCC(CCO)C1. The molecule has 2 fully saturated rings. The molecule has 0 aromatic carbocycles. The molecular formula is C14H26N2O2. The molecule has 2 aliphatic heterocycles. The topological polar surface area (TPSA) is 43.8 Å². The summed E-state index contributed by atoms with van der Waals surface area (Å²) in [7, 11) is 0. The van der Waals surface area contributed by atoms with Gasteiger partial charge in [-0.25, -0.2) is 0 Å². The lowest BCUT2D eigenvalue weighted by Gasteiger charge is -2.37. The maximum Gasteiger partial charge on any atom is 0.239 e. The molecule has 4 nitrogen and oxygen atoms in total. The van der Waals surface area contributed by atoms with Crippen molar-refractivity contribution in [3.05, 3.63) is 0 Å². The van der Waals surface area contributed by atoms with Gasteiger partial charge in [0.15, 0.2) is 0 Å². The molecule has 1 N–H and O–H groups in total. The number of hydrogen-bond donors (Lipinski definition) is 1. The third kappa shape index (κ3) is 3.23. The van der Waals surface area contributed by atoms with Crippen molar-refractivity contribution in [1.29, 1.82) is 0 Å². The molecule has 0 aromatic heterocycles. The van der Waals surface area contributed by atoms with Gasteiger partial charge in [-0.1, -0.05) is 0 Å². The molecule has 0 aromatic rings. The number of hydrogen-bond acceptors (Lipinski definition) is 3. The van der Waals surface area contributed by atoms with E-state index in [-0.39, 0.29) is 12.6 Å². The second-order valence-corrected chi connectivity index (χ2v) is 5.72. The number of aliphatic hydroxyl groups is 1. The Kier molecular flexibility index (Phi) is 5.01. The van der Waals surface area contributed by atoms with E-state index in [4.69, 9.17) is 5.11 Å². The van der Waals surface area contributed by atoms with Gasteiger partial charge in [-0.2, -0.15) is 0 Å². The van der Waals surface area contributed by atoms with Crippen molar-refractivity contribution in [3.8, 4) is 0 Å². The van der Waals surface area contributed by atoms with Crippen LogP contribution >= 0.6 is 0 Å². The summed E-state index contributed by atoms with van der Waals surface area (Å²) in [5, 5.41) is 9.03. The molecule has 2 aliphatic rings. The molecule has 2 unspecified atom stereocenters. The van der Waals surface area contributed by atoms with Crippen LogP contribution < -0.4 is 0 Å². The van der Waals surface area contributed by atoms with Crippen molar-refractivity contribution in [2.24, 2.45) is 5.92 Å². The summed E-state index contributed by atoms with van der Waals surface area (Å²) < 4.78 is 0. The third-order valence-corrected chi connectivity index (χ3v) is 4.41. The molecule has 4 heteroatoms. The van der Waals surface area contributed by atoms with Crippen LogP contribution in [-0.2, 0) is 4.79 Å². The summed E-state index contributed by atoms with van der Waals surface area (Å²) in [5.41, 5.74) is 0. The van der Waals surface area contributed by atoms with E-state index in [1.54, 1.807) is 0 Å². The summed E-state index contributed by atoms with van der Waals surface area (Å²) in [6.07, 6.45) is 5.54. The standard InChI is InChI=1S/C14H26N2O2/c1-12(14(18)15-7-2-3-8-15)16-9-4-5-13(11-16)6-10-17/h12-13,17H,2-11H2,1H3. The number of carbonyl (C=O) groups excluding carboxylic acids is 1. The molecule has 0 spiro atoms. The minimum Gasteiger partial charge on any atom is -0.396 e. The first-order valence-corrected chi connectivity index (χ1v) is 7.36. The van der Waals surface area contributed by atoms with Gasteiger partial charge in [-0.05, 0) is 51.5 Å². The van der Waals surface area contributed by atoms with Gasteiger partial charge in [0.2, 0.25) is 5.91 Å². The minimum absolute atomic E-state index is 0.0181. The molecule has 18 heavy (non-hydrogen) atoms. The van der Waals surface area contributed by atoms with E-state index in [1.165, 1.54) is 6.42 Å². The lowest BCUT2D eigenvalue weighted by molar-refractivity contribution is -0.136. The third-order valence-electron chi connectivity index (χ3n) is 4.41. The van der Waals surface area contributed by atoms with Crippen LogP contribution in [0.3, 0.4) is 0 Å². The second kappa shape index (κ2) is 6.53. The van der Waals surface area contributed by atoms with E-state index in [0.29, 0.717) is 11.8 Å².